The molecule has 1 unspecified atom stereocenters. The number of halogens is 2. The fourth-order valence-corrected chi connectivity index (χ4v) is 4.58. The van der Waals surface area contributed by atoms with Crippen LogP contribution in [0.2, 0.25) is 0 Å². The van der Waals surface area contributed by atoms with Crippen molar-refractivity contribution in [3.8, 4) is 5.75 Å². The first-order chi connectivity index (χ1) is 13.2. The topological polar surface area (TPSA) is 90.0 Å². The Morgan fingerprint density at radius 1 is 1.29 bits per heavy atom. The first-order valence-electron chi connectivity index (χ1n) is 8.60. The van der Waals surface area contributed by atoms with E-state index in [1.807, 2.05) is 0 Å². The Balaban J connectivity index is 1.83. The van der Waals surface area contributed by atoms with Crippen molar-refractivity contribution < 1.29 is 36.3 Å². The van der Waals surface area contributed by atoms with Gasteiger partial charge in [-0.3, -0.25) is 4.79 Å². The summed E-state index contributed by atoms with van der Waals surface area (Å²) in [6.45, 7) is -1.36. The van der Waals surface area contributed by atoms with Crippen LogP contribution in [0.1, 0.15) is 18.9 Å². The minimum absolute atomic E-state index is 0.00564. The van der Waals surface area contributed by atoms with E-state index in [2.05, 4.69) is 4.74 Å². The molecule has 1 aliphatic heterocycles. The molecule has 0 N–H and O–H groups in total. The van der Waals surface area contributed by atoms with Crippen molar-refractivity contribution in [1.29, 1.82) is 0 Å². The molecule has 1 aromatic rings. The molecular formula is C18H21F2NO6S. The molecule has 0 bridgehead atoms. The zero-order valence-electron chi connectivity index (χ0n) is 15.2. The van der Waals surface area contributed by atoms with Crippen LogP contribution in [0.3, 0.4) is 0 Å². The molecule has 0 radical (unpaired) electrons. The van der Waals surface area contributed by atoms with Gasteiger partial charge in [-0.05, 0) is 37.1 Å². The minimum Gasteiger partial charge on any atom is -0.452 e. The zero-order chi connectivity index (χ0) is 20.7. The summed E-state index contributed by atoms with van der Waals surface area (Å²) in [6.07, 6.45) is 2.88. The van der Waals surface area contributed by atoms with Gasteiger partial charge in [0.1, 0.15) is 5.75 Å². The van der Waals surface area contributed by atoms with Crippen LogP contribution in [0.25, 0.3) is 6.08 Å². The minimum atomic E-state index is -3.13. The van der Waals surface area contributed by atoms with Crippen molar-refractivity contribution in [3.63, 3.8) is 0 Å². The van der Waals surface area contributed by atoms with Gasteiger partial charge >= 0.3 is 12.6 Å². The van der Waals surface area contributed by atoms with Gasteiger partial charge in [0.15, 0.2) is 16.4 Å². The molecule has 2 rings (SSSR count). The maximum Gasteiger partial charge on any atom is 0.387 e. The summed E-state index contributed by atoms with van der Waals surface area (Å²) in [5.74, 6) is -1.25. The van der Waals surface area contributed by atoms with Crippen molar-refractivity contribution in [3.05, 3.63) is 35.9 Å². The van der Waals surface area contributed by atoms with Gasteiger partial charge in [-0.1, -0.05) is 12.1 Å². The van der Waals surface area contributed by atoms with Crippen LogP contribution < -0.4 is 4.74 Å². The predicted molar refractivity (Wildman–Crippen MR) is 97.5 cm³/mol. The van der Waals surface area contributed by atoms with E-state index in [0.29, 0.717) is 18.5 Å². The number of esters is 1. The molecule has 154 valence electrons. The summed E-state index contributed by atoms with van der Waals surface area (Å²) in [7, 11) is -3.13. The van der Waals surface area contributed by atoms with Crippen LogP contribution in [0.4, 0.5) is 8.78 Å². The summed E-state index contributed by atoms with van der Waals surface area (Å²) in [6, 6.07) is 5.22. The van der Waals surface area contributed by atoms with E-state index >= 15 is 0 Å². The molecule has 1 heterocycles. The van der Waals surface area contributed by atoms with Crippen molar-refractivity contribution >= 4 is 27.8 Å². The lowest BCUT2D eigenvalue weighted by Gasteiger charge is -2.26. The Hall–Kier alpha value is -2.49. The van der Waals surface area contributed by atoms with Crippen molar-refractivity contribution in [2.45, 2.75) is 26.0 Å². The van der Waals surface area contributed by atoms with Crippen LogP contribution in [0.5, 0.6) is 5.75 Å². The molecule has 7 nitrogen and oxygen atoms in total. The van der Waals surface area contributed by atoms with Crippen LogP contribution in [-0.2, 0) is 24.2 Å². The van der Waals surface area contributed by atoms with E-state index in [4.69, 9.17) is 4.74 Å². The van der Waals surface area contributed by atoms with E-state index in [0.717, 1.165) is 6.08 Å². The molecular weight excluding hydrogens is 396 g/mol. The first-order valence-corrected chi connectivity index (χ1v) is 10.4. The molecule has 0 saturated carbocycles. The Morgan fingerprint density at radius 2 is 1.96 bits per heavy atom. The lowest BCUT2D eigenvalue weighted by atomic mass is 10.2. The van der Waals surface area contributed by atoms with Crippen molar-refractivity contribution in [2.75, 3.05) is 24.7 Å². The number of benzene rings is 1. The fraction of sp³-hybridized carbons (Fsp3) is 0.444. The Morgan fingerprint density at radius 3 is 2.50 bits per heavy atom. The molecule has 10 heteroatoms. The predicted octanol–water partition coefficient (Wildman–Crippen LogP) is 1.88. The van der Waals surface area contributed by atoms with Crippen LogP contribution in [0.15, 0.2) is 30.3 Å². The molecule has 1 amide bonds. The molecule has 1 fully saturated rings. The number of hydrogen-bond acceptors (Lipinski definition) is 6. The lowest BCUT2D eigenvalue weighted by Crippen LogP contribution is -2.43. The number of likely N-dealkylation sites (N-methyl/N-ethyl adjacent to an activating group) is 1. The molecule has 1 aromatic carbocycles. The second-order valence-electron chi connectivity index (χ2n) is 6.13. The SMILES string of the molecule is CCN(C(=O)COC(=O)/C=C/c1ccc(OC(F)F)cc1)C1CCS(=O)(=O)C1. The third-order valence-electron chi connectivity index (χ3n) is 4.17. The molecule has 1 aliphatic rings. The van der Waals surface area contributed by atoms with Crippen LogP contribution >= 0.6 is 0 Å². The van der Waals surface area contributed by atoms with Gasteiger partial charge < -0.3 is 14.4 Å². The normalized spacial score (nSPS) is 18.4. The quantitative estimate of drug-likeness (QED) is 0.474. The maximum absolute atomic E-state index is 12.2. The number of nitrogens with zero attached hydrogens (tertiary/aromatic N) is 1. The molecule has 28 heavy (non-hydrogen) atoms. The van der Waals surface area contributed by atoms with E-state index in [9.17, 15) is 26.8 Å². The highest BCUT2D eigenvalue weighted by Crippen LogP contribution is 2.18. The summed E-state index contributed by atoms with van der Waals surface area (Å²) in [4.78, 5) is 25.4. The number of hydrogen-bond donors (Lipinski definition) is 0. The van der Waals surface area contributed by atoms with E-state index in [-0.39, 0.29) is 17.3 Å². The Labute approximate surface area is 161 Å². The third kappa shape index (κ3) is 6.59. The standard InChI is InChI=1S/C18H21F2NO6S/c1-2-21(14-9-10-28(24,25)12-14)16(22)11-26-17(23)8-5-13-3-6-15(7-4-13)27-18(19)20/h3-8,14,18H,2,9-12H2,1H3/b8-5+. The van der Waals surface area contributed by atoms with Gasteiger partial charge in [0.05, 0.1) is 11.5 Å². The largest absolute Gasteiger partial charge is 0.452 e. The lowest BCUT2D eigenvalue weighted by molar-refractivity contribution is -0.149. The summed E-state index contributed by atoms with van der Waals surface area (Å²) >= 11 is 0. The van der Waals surface area contributed by atoms with Crippen LogP contribution in [0, 0.1) is 0 Å². The molecule has 1 atom stereocenters. The highest BCUT2D eigenvalue weighted by molar-refractivity contribution is 7.91. The van der Waals surface area contributed by atoms with Gasteiger partial charge in [-0.25, -0.2) is 13.2 Å². The molecule has 0 spiro atoms. The average Bonchev–Trinajstić information content (AvgIpc) is 2.99. The monoisotopic (exact) mass is 417 g/mol. The van der Waals surface area contributed by atoms with Crippen molar-refractivity contribution in [2.24, 2.45) is 0 Å². The number of carbonyl (C=O) groups is 2. The van der Waals surface area contributed by atoms with E-state index in [1.54, 1.807) is 6.92 Å². The van der Waals surface area contributed by atoms with Gasteiger partial charge in [-0.15, -0.1) is 0 Å². The molecule has 0 aromatic heterocycles. The molecule has 1 saturated heterocycles. The number of amides is 1. The zero-order valence-corrected chi connectivity index (χ0v) is 16.0. The van der Waals surface area contributed by atoms with E-state index in [1.165, 1.54) is 35.2 Å². The number of rotatable bonds is 8. The van der Waals surface area contributed by atoms with Crippen LogP contribution in [-0.4, -0.2) is 62.5 Å². The summed E-state index contributed by atoms with van der Waals surface area (Å²) < 4.78 is 56.4. The van der Waals surface area contributed by atoms with Gasteiger partial charge in [0.25, 0.3) is 5.91 Å². The van der Waals surface area contributed by atoms with Crippen molar-refractivity contribution in [1.82, 2.24) is 4.90 Å². The number of sulfone groups is 1. The second-order valence-corrected chi connectivity index (χ2v) is 8.35. The first kappa shape index (κ1) is 21.8. The fourth-order valence-electron chi connectivity index (χ4n) is 2.85. The number of ether oxygens (including phenoxy) is 2. The Kier molecular flexibility index (Phi) is 7.50. The Bertz CT molecular complexity index is 823. The smallest absolute Gasteiger partial charge is 0.387 e. The molecule has 0 aliphatic carbocycles. The summed E-state index contributed by atoms with van der Waals surface area (Å²) in [5, 5.41) is 0. The van der Waals surface area contributed by atoms with Gasteiger partial charge in [-0.2, -0.15) is 8.78 Å². The number of alkyl halides is 2. The van der Waals surface area contributed by atoms with Gasteiger partial charge in [0.2, 0.25) is 0 Å². The number of carbonyl (C=O) groups excluding carboxylic acids is 2. The van der Waals surface area contributed by atoms with E-state index < -0.39 is 41.0 Å². The average molecular weight is 417 g/mol. The highest BCUT2D eigenvalue weighted by atomic mass is 32.2. The summed E-state index contributed by atoms with van der Waals surface area (Å²) in [5.41, 5.74) is 0.552. The van der Waals surface area contributed by atoms with Gasteiger partial charge in [0, 0.05) is 18.7 Å². The maximum atomic E-state index is 12.2. The third-order valence-corrected chi connectivity index (χ3v) is 5.92. The second kappa shape index (κ2) is 9.63. The highest BCUT2D eigenvalue weighted by Gasteiger charge is 2.34.